The molecule has 2 aromatic carbocycles. The lowest BCUT2D eigenvalue weighted by molar-refractivity contribution is -0.252. The highest BCUT2D eigenvalue weighted by Crippen LogP contribution is 2.35. The van der Waals surface area contributed by atoms with Crippen molar-refractivity contribution in [2.75, 3.05) is 47.7 Å². The lowest BCUT2D eigenvalue weighted by Gasteiger charge is -2.37. The van der Waals surface area contributed by atoms with Crippen LogP contribution in [0, 0.1) is 0 Å². The summed E-state index contributed by atoms with van der Waals surface area (Å²) in [5.74, 6) is -2.19. The highest BCUT2D eigenvalue weighted by molar-refractivity contribution is 7.98. The van der Waals surface area contributed by atoms with Crippen LogP contribution in [0.15, 0.2) is 73.2 Å². The number of carbonyl (C=O) groups is 1. The smallest absolute Gasteiger partial charge is 0.309 e. The quantitative estimate of drug-likeness (QED) is 0.120. The van der Waals surface area contributed by atoms with Crippen molar-refractivity contribution in [3.63, 3.8) is 0 Å². The Hall–Kier alpha value is -4.32. The van der Waals surface area contributed by atoms with Gasteiger partial charge in [-0.15, -0.1) is 11.8 Å². The van der Waals surface area contributed by atoms with Crippen molar-refractivity contribution in [1.29, 1.82) is 0 Å². The molecule has 5 N–H and O–H groups in total. The molecule has 1 amide bonds. The molecular formula is C35H43N9O5S2. The maximum absolute atomic E-state index is 13.5. The zero-order valence-electron chi connectivity index (χ0n) is 28.9. The summed E-state index contributed by atoms with van der Waals surface area (Å²) < 4.78 is 23.5. The van der Waals surface area contributed by atoms with E-state index in [0.717, 1.165) is 33.5 Å². The number of hydrogen-bond acceptors (Lipinski definition) is 12. The first-order chi connectivity index (χ1) is 24.5. The van der Waals surface area contributed by atoms with Crippen molar-refractivity contribution >= 4 is 45.6 Å². The number of hydrazine groups is 1. The number of anilines is 2. The number of ether oxygens (including phenoxy) is 1. The normalized spacial score (nSPS) is 16.5. The van der Waals surface area contributed by atoms with Gasteiger partial charge in [0.25, 0.3) is 5.91 Å². The van der Waals surface area contributed by atoms with E-state index in [1.165, 1.54) is 21.6 Å². The number of nitrogens with zero attached hydrogens (tertiary/aromatic N) is 6. The van der Waals surface area contributed by atoms with Gasteiger partial charge in [0.15, 0.2) is 5.82 Å². The third-order valence-corrected chi connectivity index (χ3v) is 10.2. The van der Waals surface area contributed by atoms with Crippen molar-refractivity contribution in [2.24, 2.45) is 7.05 Å². The van der Waals surface area contributed by atoms with Crippen LogP contribution in [-0.4, -0.2) is 99.4 Å². The Morgan fingerprint density at radius 3 is 2.59 bits per heavy atom. The van der Waals surface area contributed by atoms with Gasteiger partial charge < -0.3 is 30.0 Å². The third-order valence-electron chi connectivity index (χ3n) is 8.56. The fraction of sp³-hybridized carbons (Fsp3) is 0.371. The molecule has 14 nitrogen and oxygen atoms in total. The van der Waals surface area contributed by atoms with Crippen LogP contribution in [0.1, 0.15) is 43.0 Å². The lowest BCUT2D eigenvalue weighted by atomic mass is 9.98. The molecule has 2 unspecified atom stereocenters. The Balaban J connectivity index is 1.04. The van der Waals surface area contributed by atoms with E-state index in [2.05, 4.69) is 30.6 Å². The van der Waals surface area contributed by atoms with Gasteiger partial charge in [0.2, 0.25) is 5.88 Å². The van der Waals surface area contributed by atoms with Crippen LogP contribution in [0.25, 0.3) is 17.0 Å². The minimum absolute atomic E-state index is 0.00125. The van der Waals surface area contributed by atoms with Crippen LogP contribution >= 0.6 is 11.8 Å². The van der Waals surface area contributed by atoms with Gasteiger partial charge in [0, 0.05) is 61.6 Å². The van der Waals surface area contributed by atoms with Gasteiger partial charge >= 0.3 is 5.91 Å². The highest BCUT2D eigenvalue weighted by Gasteiger charge is 2.43. The number of thioether (sulfide) groups is 1. The first-order valence-electron chi connectivity index (χ1n) is 16.6. The van der Waals surface area contributed by atoms with Crippen LogP contribution in [0.3, 0.4) is 0 Å². The Labute approximate surface area is 303 Å². The van der Waals surface area contributed by atoms with Crippen LogP contribution in [0.5, 0.6) is 5.88 Å². The Kier molecular flexibility index (Phi) is 11.4. The molecule has 0 saturated heterocycles. The highest BCUT2D eigenvalue weighted by atomic mass is 32.2. The van der Waals surface area contributed by atoms with Crippen LogP contribution < -0.4 is 20.3 Å². The minimum atomic E-state index is -2.77. The Morgan fingerprint density at radius 2 is 1.94 bits per heavy atom. The van der Waals surface area contributed by atoms with E-state index >= 15 is 0 Å². The summed E-state index contributed by atoms with van der Waals surface area (Å²) >= 11 is 1.34. The van der Waals surface area contributed by atoms with E-state index in [9.17, 15) is 19.2 Å². The zero-order chi connectivity index (χ0) is 36.1. The maximum Gasteiger partial charge on any atom is 0.309 e. The Bertz CT molecular complexity index is 1880. The SMILES string of the molecule is CSCN(CCS(=O)Nc1ccc2c(c1)C(c1ccc(OC(C)C)nc1)NN2)C(O)(O)C(=O)N1CC=C(c2ccc(-c3ncn(C)n3)cc2)CC1. The second-order valence-electron chi connectivity index (χ2n) is 12.6. The molecule has 6 rings (SSSR count). The number of carbonyl (C=O) groups excluding carboxylic acids is 1. The van der Waals surface area contributed by atoms with E-state index in [1.807, 2.05) is 81.6 Å². The first kappa shape index (κ1) is 36.5. The van der Waals surface area contributed by atoms with Gasteiger partial charge in [-0.05, 0) is 61.4 Å². The number of amides is 1. The summed E-state index contributed by atoms with van der Waals surface area (Å²) in [6.45, 7) is 4.45. The summed E-state index contributed by atoms with van der Waals surface area (Å²) in [4.78, 5) is 24.8. The molecular weight excluding hydrogens is 691 g/mol. The van der Waals surface area contributed by atoms with E-state index in [0.29, 0.717) is 30.4 Å². The Morgan fingerprint density at radius 1 is 1.16 bits per heavy atom. The van der Waals surface area contributed by atoms with Crippen molar-refractivity contribution in [1.82, 2.24) is 35.0 Å². The first-order valence-corrected chi connectivity index (χ1v) is 19.3. The number of aromatic nitrogens is 4. The number of benzene rings is 2. The average molecular weight is 734 g/mol. The van der Waals surface area contributed by atoms with Gasteiger partial charge in [-0.1, -0.05) is 36.4 Å². The standard InChI is InChI=1S/C35H43N9O5S2/c1-23(2)49-31-12-9-27(20-36-31)32-29-19-28(10-11-30(29)38-39-32)41-51(48)18-17-44(22-50-4)35(46,47)34(45)43-15-13-25(14-16-43)24-5-7-26(8-6-24)33-37-21-42(3)40-33/h5-13,19-21,23,32,38-39,41,46-47H,14-18,22H2,1-4H3. The third kappa shape index (κ3) is 8.60. The van der Waals surface area contributed by atoms with Gasteiger partial charge in [-0.3, -0.25) is 9.48 Å². The molecule has 2 aromatic heterocycles. The van der Waals surface area contributed by atoms with Crippen LogP contribution in [0.2, 0.25) is 0 Å². The molecule has 2 aliphatic heterocycles. The number of fused-ring (bicyclic) bond motifs is 1. The topological polar surface area (TPSA) is 170 Å². The van der Waals surface area contributed by atoms with Crippen molar-refractivity contribution in [2.45, 2.75) is 38.3 Å². The number of aryl methyl sites for hydroxylation is 1. The van der Waals surface area contributed by atoms with Crippen LogP contribution in [0.4, 0.5) is 11.4 Å². The van der Waals surface area contributed by atoms with Gasteiger partial charge in [-0.25, -0.2) is 24.5 Å². The predicted octanol–water partition coefficient (Wildman–Crippen LogP) is 3.34. The average Bonchev–Trinajstić information content (AvgIpc) is 3.76. The van der Waals surface area contributed by atoms with Crippen molar-refractivity contribution < 1.29 is 24.0 Å². The number of aliphatic hydroxyl groups is 2. The molecule has 0 saturated carbocycles. The molecule has 16 heteroatoms. The fourth-order valence-corrected chi connectivity index (χ4v) is 7.45. The van der Waals surface area contributed by atoms with Crippen LogP contribution in [-0.2, 0) is 22.8 Å². The maximum atomic E-state index is 13.5. The fourth-order valence-electron chi connectivity index (χ4n) is 5.95. The number of hydrogen-bond donors (Lipinski definition) is 5. The summed E-state index contributed by atoms with van der Waals surface area (Å²) in [5.41, 5.74) is 12.9. The molecule has 0 bridgehead atoms. The molecule has 2 aliphatic rings. The largest absolute Gasteiger partial charge is 0.475 e. The van der Waals surface area contributed by atoms with Crippen molar-refractivity contribution in [3.8, 4) is 17.3 Å². The molecule has 2 atom stereocenters. The summed E-state index contributed by atoms with van der Waals surface area (Å²) in [7, 11) is 0.237. The molecule has 0 spiro atoms. The zero-order valence-corrected chi connectivity index (χ0v) is 30.6. The van der Waals surface area contributed by atoms with E-state index < -0.39 is 22.8 Å². The second-order valence-corrected chi connectivity index (χ2v) is 14.8. The minimum Gasteiger partial charge on any atom is -0.475 e. The molecule has 4 heterocycles. The molecule has 4 aromatic rings. The second kappa shape index (κ2) is 15.9. The van der Waals surface area contributed by atoms with E-state index in [-0.39, 0.29) is 36.9 Å². The van der Waals surface area contributed by atoms with Crippen molar-refractivity contribution in [3.05, 3.63) is 89.9 Å². The number of rotatable bonds is 14. The lowest BCUT2D eigenvalue weighted by Crippen LogP contribution is -2.61. The molecule has 0 radical (unpaired) electrons. The van der Waals surface area contributed by atoms with Gasteiger partial charge in [-0.2, -0.15) is 5.10 Å². The predicted molar refractivity (Wildman–Crippen MR) is 200 cm³/mol. The number of nitrogens with one attached hydrogen (secondary N) is 3. The summed E-state index contributed by atoms with van der Waals surface area (Å²) in [6.07, 6.45) is 7.74. The molecule has 0 aliphatic carbocycles. The molecule has 270 valence electrons. The van der Waals surface area contributed by atoms with Gasteiger partial charge in [0.1, 0.15) is 17.3 Å². The molecule has 0 fully saturated rings. The summed E-state index contributed by atoms with van der Waals surface area (Å²) in [6, 6.07) is 17.2. The van der Waals surface area contributed by atoms with Gasteiger partial charge in [0.05, 0.1) is 23.6 Å². The monoisotopic (exact) mass is 733 g/mol. The number of pyridine rings is 1. The molecule has 51 heavy (non-hydrogen) atoms. The van der Waals surface area contributed by atoms with E-state index in [4.69, 9.17) is 4.74 Å². The summed E-state index contributed by atoms with van der Waals surface area (Å²) in [5, 5.41) is 26.6. The van der Waals surface area contributed by atoms with E-state index in [1.54, 1.807) is 23.5 Å².